The maximum Gasteiger partial charge on any atom is 0.229 e. The van der Waals surface area contributed by atoms with Crippen molar-refractivity contribution in [2.45, 2.75) is 12.8 Å². The van der Waals surface area contributed by atoms with Crippen molar-refractivity contribution in [3.8, 4) is 10.6 Å². The first kappa shape index (κ1) is 14.4. The molecule has 0 saturated carbocycles. The van der Waals surface area contributed by atoms with E-state index in [-0.39, 0.29) is 11.8 Å². The Kier molecular flexibility index (Phi) is 4.48. The highest BCUT2D eigenvalue weighted by Gasteiger charge is 2.22. The Hall–Kier alpha value is -1.50. The summed E-state index contributed by atoms with van der Waals surface area (Å²) in [5.41, 5.74) is 0.905. The maximum absolute atomic E-state index is 12.1. The number of nitrogens with one attached hydrogen (secondary N) is 2. The maximum atomic E-state index is 12.1. The molecule has 0 unspecified atom stereocenters. The van der Waals surface area contributed by atoms with Crippen LogP contribution in [0.15, 0.2) is 24.3 Å². The fourth-order valence-electron chi connectivity index (χ4n) is 2.30. The minimum Gasteiger partial charge on any atom is -0.317 e. The van der Waals surface area contributed by atoms with Crippen LogP contribution < -0.4 is 10.6 Å². The van der Waals surface area contributed by atoms with Gasteiger partial charge in [0.25, 0.3) is 0 Å². The van der Waals surface area contributed by atoms with Gasteiger partial charge in [-0.15, -0.1) is 10.2 Å². The number of amides is 1. The number of hydrogen-bond donors (Lipinski definition) is 2. The Bertz CT molecular complexity index is 639. The summed E-state index contributed by atoms with van der Waals surface area (Å²) < 4.78 is 0. The van der Waals surface area contributed by atoms with Crippen molar-refractivity contribution in [3.05, 3.63) is 29.3 Å². The van der Waals surface area contributed by atoms with Crippen molar-refractivity contribution in [2.75, 3.05) is 18.4 Å². The molecule has 0 spiro atoms. The van der Waals surface area contributed by atoms with Gasteiger partial charge < -0.3 is 10.6 Å². The molecule has 1 aliphatic heterocycles. The first-order chi connectivity index (χ1) is 10.2. The number of rotatable bonds is 3. The van der Waals surface area contributed by atoms with Gasteiger partial charge in [-0.2, -0.15) is 0 Å². The third-order valence-corrected chi connectivity index (χ3v) is 4.56. The van der Waals surface area contributed by atoms with Gasteiger partial charge in [0.15, 0.2) is 0 Å². The molecule has 1 fully saturated rings. The van der Waals surface area contributed by atoms with Crippen LogP contribution in [0.3, 0.4) is 0 Å². The Morgan fingerprint density at radius 1 is 1.33 bits per heavy atom. The summed E-state index contributed by atoms with van der Waals surface area (Å²) >= 11 is 7.33. The standard InChI is InChI=1S/C14H15ClN4OS/c15-11-3-1-2-10(8-11)13-18-19-14(21-13)17-12(20)9-4-6-16-7-5-9/h1-3,8-9,16H,4-7H2,(H,17,19,20). The summed E-state index contributed by atoms with van der Waals surface area (Å²) in [6.45, 7) is 1.78. The second-order valence-corrected chi connectivity index (χ2v) is 6.35. The van der Waals surface area contributed by atoms with Crippen LogP contribution in [0.4, 0.5) is 5.13 Å². The molecule has 2 heterocycles. The molecule has 5 nitrogen and oxygen atoms in total. The van der Waals surface area contributed by atoms with E-state index in [0.29, 0.717) is 10.2 Å². The molecule has 1 saturated heterocycles. The molecule has 3 rings (SSSR count). The van der Waals surface area contributed by atoms with Crippen LogP contribution in [-0.2, 0) is 4.79 Å². The lowest BCUT2D eigenvalue weighted by Gasteiger charge is -2.20. The first-order valence-corrected chi connectivity index (χ1v) is 8.03. The molecule has 1 aromatic heterocycles. The lowest BCUT2D eigenvalue weighted by molar-refractivity contribution is -0.120. The molecular weight excluding hydrogens is 308 g/mol. The zero-order valence-electron chi connectivity index (χ0n) is 11.3. The molecule has 0 atom stereocenters. The normalized spacial score (nSPS) is 15.9. The predicted molar refractivity (Wildman–Crippen MR) is 84.6 cm³/mol. The van der Waals surface area contributed by atoms with Gasteiger partial charge in [0.1, 0.15) is 5.01 Å². The molecule has 0 radical (unpaired) electrons. The van der Waals surface area contributed by atoms with Gasteiger partial charge in [-0.25, -0.2) is 0 Å². The van der Waals surface area contributed by atoms with Crippen molar-refractivity contribution in [2.24, 2.45) is 5.92 Å². The van der Waals surface area contributed by atoms with Gasteiger partial charge in [0.05, 0.1) is 0 Å². The molecule has 0 aliphatic carbocycles. The highest BCUT2D eigenvalue weighted by Crippen LogP contribution is 2.28. The van der Waals surface area contributed by atoms with Crippen molar-refractivity contribution in [1.82, 2.24) is 15.5 Å². The first-order valence-electron chi connectivity index (χ1n) is 6.83. The van der Waals surface area contributed by atoms with E-state index in [1.807, 2.05) is 24.3 Å². The van der Waals surface area contributed by atoms with Crippen LogP contribution in [0, 0.1) is 5.92 Å². The van der Waals surface area contributed by atoms with E-state index < -0.39 is 0 Å². The summed E-state index contributed by atoms with van der Waals surface area (Å²) in [5, 5.41) is 16.2. The summed E-state index contributed by atoms with van der Waals surface area (Å²) in [7, 11) is 0. The molecule has 7 heteroatoms. The number of carbonyl (C=O) groups is 1. The van der Waals surface area contributed by atoms with E-state index >= 15 is 0 Å². The molecule has 1 aromatic carbocycles. The van der Waals surface area contributed by atoms with E-state index in [9.17, 15) is 4.79 Å². The van der Waals surface area contributed by atoms with Crippen LogP contribution >= 0.6 is 22.9 Å². The number of anilines is 1. The van der Waals surface area contributed by atoms with Crippen LogP contribution in [0.25, 0.3) is 10.6 Å². The fourth-order valence-corrected chi connectivity index (χ4v) is 3.24. The van der Waals surface area contributed by atoms with Gasteiger partial charge >= 0.3 is 0 Å². The Balaban J connectivity index is 1.69. The Morgan fingerprint density at radius 2 is 2.14 bits per heavy atom. The van der Waals surface area contributed by atoms with Crippen molar-refractivity contribution in [3.63, 3.8) is 0 Å². The van der Waals surface area contributed by atoms with Crippen LogP contribution in [0.5, 0.6) is 0 Å². The number of halogens is 1. The zero-order valence-corrected chi connectivity index (χ0v) is 12.9. The summed E-state index contributed by atoms with van der Waals surface area (Å²) in [4.78, 5) is 12.1. The second-order valence-electron chi connectivity index (χ2n) is 4.94. The van der Waals surface area contributed by atoms with Gasteiger partial charge in [0, 0.05) is 16.5 Å². The highest BCUT2D eigenvalue weighted by atomic mass is 35.5. The number of aromatic nitrogens is 2. The largest absolute Gasteiger partial charge is 0.317 e. The quantitative estimate of drug-likeness (QED) is 0.912. The summed E-state index contributed by atoms with van der Waals surface area (Å²) in [6, 6.07) is 7.43. The van der Waals surface area contributed by atoms with E-state index in [0.717, 1.165) is 36.5 Å². The van der Waals surface area contributed by atoms with Gasteiger partial charge in [0.2, 0.25) is 11.0 Å². The number of benzene rings is 1. The lowest BCUT2D eigenvalue weighted by atomic mass is 9.97. The SMILES string of the molecule is O=C(Nc1nnc(-c2cccc(Cl)c2)s1)C1CCNCC1. The third-order valence-electron chi connectivity index (χ3n) is 3.44. The topological polar surface area (TPSA) is 66.9 Å². The minimum absolute atomic E-state index is 0.0327. The van der Waals surface area contributed by atoms with Crippen LogP contribution in [0.1, 0.15) is 12.8 Å². The van der Waals surface area contributed by atoms with E-state index in [1.165, 1.54) is 11.3 Å². The lowest BCUT2D eigenvalue weighted by Crippen LogP contribution is -2.34. The van der Waals surface area contributed by atoms with Crippen molar-refractivity contribution >= 4 is 34.0 Å². The van der Waals surface area contributed by atoms with Crippen LogP contribution in [-0.4, -0.2) is 29.2 Å². The van der Waals surface area contributed by atoms with Gasteiger partial charge in [-0.3, -0.25) is 4.79 Å². The molecule has 2 N–H and O–H groups in total. The number of piperidine rings is 1. The average Bonchev–Trinajstić information content (AvgIpc) is 2.97. The third kappa shape index (κ3) is 3.58. The van der Waals surface area contributed by atoms with Crippen molar-refractivity contribution < 1.29 is 4.79 Å². The Labute approximate surface area is 131 Å². The number of nitrogens with zero attached hydrogens (tertiary/aromatic N) is 2. The minimum atomic E-state index is 0.0327. The summed E-state index contributed by atoms with van der Waals surface area (Å²) in [5.74, 6) is 0.0927. The van der Waals surface area contributed by atoms with E-state index in [1.54, 1.807) is 0 Å². The van der Waals surface area contributed by atoms with Gasteiger partial charge in [-0.1, -0.05) is 35.1 Å². The van der Waals surface area contributed by atoms with Crippen molar-refractivity contribution in [1.29, 1.82) is 0 Å². The van der Waals surface area contributed by atoms with E-state index in [4.69, 9.17) is 11.6 Å². The van der Waals surface area contributed by atoms with E-state index in [2.05, 4.69) is 20.8 Å². The fraction of sp³-hybridized carbons (Fsp3) is 0.357. The smallest absolute Gasteiger partial charge is 0.229 e. The molecule has 1 aliphatic rings. The molecule has 0 bridgehead atoms. The zero-order chi connectivity index (χ0) is 14.7. The summed E-state index contributed by atoms with van der Waals surface area (Å²) in [6.07, 6.45) is 1.73. The number of carbonyl (C=O) groups excluding carboxylic acids is 1. The van der Waals surface area contributed by atoms with Gasteiger partial charge in [-0.05, 0) is 38.1 Å². The molecule has 1 amide bonds. The number of hydrogen-bond acceptors (Lipinski definition) is 5. The average molecular weight is 323 g/mol. The molecule has 2 aromatic rings. The molecular formula is C14H15ClN4OS. The predicted octanol–water partition coefficient (Wildman–Crippen LogP) is 2.80. The van der Waals surface area contributed by atoms with Crippen LogP contribution in [0.2, 0.25) is 5.02 Å². The monoisotopic (exact) mass is 322 g/mol. The second kappa shape index (κ2) is 6.51. The highest BCUT2D eigenvalue weighted by molar-refractivity contribution is 7.18. The molecule has 21 heavy (non-hydrogen) atoms. The molecule has 110 valence electrons. The Morgan fingerprint density at radius 3 is 2.90 bits per heavy atom.